The van der Waals surface area contributed by atoms with Crippen LogP contribution >= 0.6 is 0 Å². The Hall–Kier alpha value is -0.240. The Morgan fingerprint density at radius 2 is 1.23 bits per heavy atom. The fourth-order valence-electron chi connectivity index (χ4n) is 5.43. The van der Waals surface area contributed by atoms with E-state index in [0.717, 1.165) is 24.4 Å². The molecule has 152 valence electrons. The molecule has 0 radical (unpaired) electrons. The molecule has 0 aromatic rings. The molecule has 0 heterocycles. The zero-order valence-corrected chi connectivity index (χ0v) is 16.3. The molecule has 0 aliphatic heterocycles. The summed E-state index contributed by atoms with van der Waals surface area (Å²) in [5, 5.41) is 0. The second kappa shape index (κ2) is 10.3. The van der Waals surface area contributed by atoms with Gasteiger partial charge in [0.2, 0.25) is 0 Å². The van der Waals surface area contributed by atoms with Gasteiger partial charge in [0.05, 0.1) is 51.8 Å². The van der Waals surface area contributed by atoms with Crippen molar-refractivity contribution >= 4 is 0 Å². The highest BCUT2D eigenvalue weighted by Gasteiger charge is 2.52. The second-order valence-corrected chi connectivity index (χ2v) is 8.25. The number of ether oxygens (including phenoxy) is 5. The molecule has 4 rings (SSSR count). The van der Waals surface area contributed by atoms with Crippen LogP contribution in [0.1, 0.15) is 45.4 Å². The van der Waals surface area contributed by atoms with Crippen molar-refractivity contribution in [2.75, 3.05) is 52.9 Å². The SMILES string of the molecule is CCOCCOCCOCCOCC(N)OC12CC3CC(CC(C3)C1)C2. The van der Waals surface area contributed by atoms with Gasteiger partial charge >= 0.3 is 0 Å². The molecule has 0 saturated heterocycles. The van der Waals surface area contributed by atoms with E-state index in [2.05, 4.69) is 0 Å². The van der Waals surface area contributed by atoms with Gasteiger partial charge in [0.15, 0.2) is 0 Å². The molecule has 0 aromatic carbocycles. The molecule has 4 bridgehead atoms. The van der Waals surface area contributed by atoms with Crippen molar-refractivity contribution in [1.29, 1.82) is 0 Å². The van der Waals surface area contributed by atoms with Crippen molar-refractivity contribution in [3.63, 3.8) is 0 Å². The molecule has 4 aliphatic rings. The molecule has 4 saturated carbocycles. The highest BCUT2D eigenvalue weighted by atomic mass is 16.6. The minimum atomic E-state index is -0.326. The van der Waals surface area contributed by atoms with Gasteiger partial charge in [0.1, 0.15) is 6.23 Å². The normalized spacial score (nSPS) is 33.7. The van der Waals surface area contributed by atoms with Gasteiger partial charge in [-0.25, -0.2) is 0 Å². The van der Waals surface area contributed by atoms with Crippen LogP contribution in [0.25, 0.3) is 0 Å². The summed E-state index contributed by atoms with van der Waals surface area (Å²) in [6, 6.07) is 0. The second-order valence-electron chi connectivity index (χ2n) is 8.25. The van der Waals surface area contributed by atoms with Gasteiger partial charge in [-0.3, -0.25) is 0 Å². The van der Waals surface area contributed by atoms with E-state index in [-0.39, 0.29) is 11.8 Å². The molecule has 0 amide bonds. The first kappa shape index (κ1) is 20.5. The van der Waals surface area contributed by atoms with E-state index >= 15 is 0 Å². The van der Waals surface area contributed by atoms with Crippen molar-refractivity contribution in [3.05, 3.63) is 0 Å². The van der Waals surface area contributed by atoms with Crippen LogP contribution in [0, 0.1) is 17.8 Å². The summed E-state index contributed by atoms with van der Waals surface area (Å²) in [4.78, 5) is 0. The van der Waals surface area contributed by atoms with Crippen molar-refractivity contribution < 1.29 is 23.7 Å². The molecule has 1 atom stereocenters. The Morgan fingerprint density at radius 3 is 1.73 bits per heavy atom. The Labute approximate surface area is 158 Å². The first-order valence-electron chi connectivity index (χ1n) is 10.4. The van der Waals surface area contributed by atoms with Gasteiger partial charge in [-0.1, -0.05) is 0 Å². The van der Waals surface area contributed by atoms with E-state index in [4.69, 9.17) is 29.4 Å². The van der Waals surface area contributed by atoms with Crippen LogP contribution in [0.5, 0.6) is 0 Å². The summed E-state index contributed by atoms with van der Waals surface area (Å²) in [7, 11) is 0. The fourth-order valence-corrected chi connectivity index (χ4v) is 5.43. The van der Waals surface area contributed by atoms with Gasteiger partial charge in [0.25, 0.3) is 0 Å². The van der Waals surface area contributed by atoms with Crippen molar-refractivity contribution in [3.8, 4) is 0 Å². The summed E-state index contributed by atoms with van der Waals surface area (Å²) in [6.07, 6.45) is 7.55. The van der Waals surface area contributed by atoms with Gasteiger partial charge in [-0.15, -0.1) is 0 Å². The average molecular weight is 372 g/mol. The van der Waals surface area contributed by atoms with Gasteiger partial charge < -0.3 is 29.4 Å². The zero-order chi connectivity index (χ0) is 18.2. The molecule has 6 nitrogen and oxygen atoms in total. The van der Waals surface area contributed by atoms with E-state index < -0.39 is 0 Å². The van der Waals surface area contributed by atoms with Crippen LogP contribution in [0.3, 0.4) is 0 Å². The smallest absolute Gasteiger partial charge is 0.130 e. The van der Waals surface area contributed by atoms with Crippen LogP contribution in [0.15, 0.2) is 0 Å². The third-order valence-electron chi connectivity index (χ3n) is 5.99. The highest BCUT2D eigenvalue weighted by Crippen LogP contribution is 2.57. The molecule has 1 unspecified atom stereocenters. The summed E-state index contributed by atoms with van der Waals surface area (Å²) in [5.41, 5.74) is 6.24. The Balaban J connectivity index is 1.18. The number of rotatable bonds is 14. The first-order valence-corrected chi connectivity index (χ1v) is 10.4. The van der Waals surface area contributed by atoms with E-state index in [1.54, 1.807) is 0 Å². The number of hydrogen-bond acceptors (Lipinski definition) is 6. The van der Waals surface area contributed by atoms with Crippen LogP contribution in [-0.4, -0.2) is 64.7 Å². The lowest BCUT2D eigenvalue weighted by molar-refractivity contribution is -0.197. The molecule has 2 N–H and O–H groups in total. The number of hydrogen-bond donors (Lipinski definition) is 1. The molecular formula is C20H37NO5. The third-order valence-corrected chi connectivity index (χ3v) is 5.99. The standard InChI is InChI=1S/C20H37NO5/c1-2-22-3-4-23-5-6-24-7-8-25-15-19(21)26-20-12-16-9-17(13-20)11-18(10-16)14-20/h16-19H,2-15,21H2,1H3. The molecule has 0 spiro atoms. The largest absolute Gasteiger partial charge is 0.379 e. The Kier molecular flexibility index (Phi) is 8.15. The Bertz CT molecular complexity index is 370. The van der Waals surface area contributed by atoms with E-state index in [1.165, 1.54) is 38.5 Å². The van der Waals surface area contributed by atoms with Crippen molar-refractivity contribution in [2.24, 2.45) is 23.5 Å². The van der Waals surface area contributed by atoms with Crippen LogP contribution in [-0.2, 0) is 23.7 Å². The maximum atomic E-state index is 6.32. The van der Waals surface area contributed by atoms with Crippen LogP contribution in [0.2, 0.25) is 0 Å². The van der Waals surface area contributed by atoms with Crippen molar-refractivity contribution in [1.82, 2.24) is 0 Å². The molecule has 4 fully saturated rings. The van der Waals surface area contributed by atoms with Gasteiger partial charge in [-0.2, -0.15) is 0 Å². The predicted molar refractivity (Wildman–Crippen MR) is 98.9 cm³/mol. The summed E-state index contributed by atoms with van der Waals surface area (Å²) in [6.45, 7) is 6.65. The monoisotopic (exact) mass is 371 g/mol. The lowest BCUT2D eigenvalue weighted by atomic mass is 9.54. The molecular weight excluding hydrogens is 334 g/mol. The summed E-state index contributed by atoms with van der Waals surface area (Å²) < 4.78 is 28.0. The van der Waals surface area contributed by atoms with E-state index in [1.807, 2.05) is 6.92 Å². The topological polar surface area (TPSA) is 72.2 Å². The molecule has 4 aliphatic carbocycles. The van der Waals surface area contributed by atoms with Gasteiger partial charge in [-0.05, 0) is 63.2 Å². The quantitative estimate of drug-likeness (QED) is 0.373. The van der Waals surface area contributed by atoms with Crippen LogP contribution in [0.4, 0.5) is 0 Å². The molecule has 6 heteroatoms. The predicted octanol–water partition coefficient (Wildman–Crippen LogP) is 2.34. The van der Waals surface area contributed by atoms with Crippen molar-refractivity contribution in [2.45, 2.75) is 57.3 Å². The van der Waals surface area contributed by atoms with Crippen LogP contribution < -0.4 is 5.73 Å². The number of nitrogens with two attached hydrogens (primary N) is 1. The minimum absolute atomic E-state index is 0.0485. The summed E-state index contributed by atoms with van der Waals surface area (Å²) >= 11 is 0. The van der Waals surface area contributed by atoms with E-state index in [9.17, 15) is 0 Å². The minimum Gasteiger partial charge on any atom is -0.379 e. The first-order chi connectivity index (χ1) is 12.7. The highest BCUT2D eigenvalue weighted by molar-refractivity contribution is 5.03. The fraction of sp³-hybridized carbons (Fsp3) is 1.00. The van der Waals surface area contributed by atoms with E-state index in [0.29, 0.717) is 46.2 Å². The maximum Gasteiger partial charge on any atom is 0.130 e. The average Bonchev–Trinajstić information content (AvgIpc) is 2.58. The molecule has 26 heavy (non-hydrogen) atoms. The maximum absolute atomic E-state index is 6.32. The lowest BCUT2D eigenvalue weighted by Crippen LogP contribution is -2.55. The zero-order valence-electron chi connectivity index (χ0n) is 16.3. The third kappa shape index (κ3) is 6.14. The van der Waals surface area contributed by atoms with Gasteiger partial charge in [0, 0.05) is 6.61 Å². The summed E-state index contributed by atoms with van der Waals surface area (Å²) in [5.74, 6) is 2.62. The Morgan fingerprint density at radius 1 is 0.769 bits per heavy atom. The lowest BCUT2D eigenvalue weighted by Gasteiger charge is -2.56. The molecule has 0 aromatic heterocycles.